The summed E-state index contributed by atoms with van der Waals surface area (Å²) in [6.45, 7) is 8.09. The van der Waals surface area contributed by atoms with Crippen molar-refractivity contribution < 1.29 is 0 Å². The van der Waals surface area contributed by atoms with Gasteiger partial charge >= 0.3 is 5.69 Å². The van der Waals surface area contributed by atoms with E-state index in [4.69, 9.17) is 0 Å². The van der Waals surface area contributed by atoms with Gasteiger partial charge in [0.2, 0.25) is 0 Å². The number of H-pyrrole nitrogens is 1. The summed E-state index contributed by atoms with van der Waals surface area (Å²) >= 11 is 0. The Balaban J connectivity index is 1.87. The summed E-state index contributed by atoms with van der Waals surface area (Å²) in [7, 11) is 0. The van der Waals surface area contributed by atoms with Crippen LogP contribution in [0.4, 0.5) is 5.82 Å². The topological polar surface area (TPSA) is 78.3 Å². The fourth-order valence-corrected chi connectivity index (χ4v) is 3.00. The Morgan fingerprint density at radius 1 is 1.43 bits per heavy atom. The van der Waals surface area contributed by atoms with Crippen LogP contribution in [0.2, 0.25) is 0 Å². The van der Waals surface area contributed by atoms with Crippen molar-refractivity contribution in [3.8, 4) is 0 Å². The van der Waals surface area contributed by atoms with Gasteiger partial charge in [-0.3, -0.25) is 0 Å². The van der Waals surface area contributed by atoms with Crippen LogP contribution in [0, 0.1) is 12.8 Å². The molecule has 0 amide bonds. The Hall–Kier alpha value is -1.89. The maximum Gasteiger partial charge on any atom is 0.349 e. The van der Waals surface area contributed by atoms with E-state index in [1.807, 2.05) is 13.0 Å². The van der Waals surface area contributed by atoms with E-state index < -0.39 is 0 Å². The zero-order valence-corrected chi connectivity index (χ0v) is 12.6. The molecule has 0 radical (unpaired) electrons. The highest BCUT2D eigenvalue weighted by Gasteiger charge is 2.18. The van der Waals surface area contributed by atoms with Gasteiger partial charge in [0.1, 0.15) is 11.6 Å². The number of hydrogen-bond donors (Lipinski definition) is 2. The second-order valence-corrected chi connectivity index (χ2v) is 5.62. The molecule has 7 heteroatoms. The van der Waals surface area contributed by atoms with Crippen molar-refractivity contribution in [2.45, 2.75) is 26.7 Å². The molecular weight excluding hydrogens is 268 g/mol. The van der Waals surface area contributed by atoms with E-state index in [2.05, 4.69) is 32.3 Å². The molecule has 1 aliphatic rings. The molecule has 0 atom stereocenters. The normalized spacial score (nSPS) is 16.5. The molecule has 1 saturated heterocycles. The quantitative estimate of drug-likeness (QED) is 0.860. The van der Waals surface area contributed by atoms with Gasteiger partial charge in [-0.2, -0.15) is 5.10 Å². The largest absolute Gasteiger partial charge is 0.356 e. The van der Waals surface area contributed by atoms with Gasteiger partial charge in [0.25, 0.3) is 0 Å². The first-order chi connectivity index (χ1) is 10.2. The van der Waals surface area contributed by atoms with E-state index in [1.165, 1.54) is 17.2 Å². The van der Waals surface area contributed by atoms with Crippen molar-refractivity contribution in [1.82, 2.24) is 24.9 Å². The van der Waals surface area contributed by atoms with Crippen molar-refractivity contribution in [2.75, 3.05) is 31.1 Å². The molecule has 0 saturated carbocycles. The van der Waals surface area contributed by atoms with Crippen LogP contribution in [-0.4, -0.2) is 45.8 Å². The van der Waals surface area contributed by atoms with Crippen LogP contribution < -0.4 is 15.9 Å². The molecule has 3 rings (SSSR count). The lowest BCUT2D eigenvalue weighted by molar-refractivity contribution is 0.374. The number of piperidine rings is 1. The summed E-state index contributed by atoms with van der Waals surface area (Å²) in [5.74, 6) is 2.27. The molecule has 2 N–H and O–H groups in total. The lowest BCUT2D eigenvalue weighted by atomic mass is 9.97. The van der Waals surface area contributed by atoms with Crippen LogP contribution in [0.5, 0.6) is 0 Å². The van der Waals surface area contributed by atoms with Gasteiger partial charge < -0.3 is 10.2 Å². The minimum Gasteiger partial charge on any atom is -0.356 e. The van der Waals surface area contributed by atoms with Crippen LogP contribution in [0.3, 0.4) is 0 Å². The number of fused-ring (bicyclic) bond motifs is 1. The lowest BCUT2D eigenvalue weighted by Gasteiger charge is -2.30. The number of nitrogens with one attached hydrogen (secondary N) is 2. The third-order valence-corrected chi connectivity index (χ3v) is 4.20. The highest BCUT2D eigenvalue weighted by molar-refractivity contribution is 5.51. The van der Waals surface area contributed by atoms with Crippen LogP contribution >= 0.6 is 0 Å². The summed E-state index contributed by atoms with van der Waals surface area (Å²) < 4.78 is 1.50. The molecule has 0 aromatic carbocycles. The number of aromatic amines is 1. The maximum atomic E-state index is 11.7. The standard InChI is InChI=1S/C14H22N6O/c1-3-19(9-11-4-6-15-7-5-11)12-8-13-17-18-14(21)20(13)10(2)16-12/h8,11,15H,3-7,9H2,1-2H3,(H,18,21). The number of aromatic nitrogens is 4. The van der Waals surface area contributed by atoms with Crippen molar-refractivity contribution in [1.29, 1.82) is 0 Å². The molecular formula is C14H22N6O. The molecule has 7 nitrogen and oxygen atoms in total. The van der Waals surface area contributed by atoms with Gasteiger partial charge in [-0.1, -0.05) is 0 Å². The predicted molar refractivity (Wildman–Crippen MR) is 81.8 cm³/mol. The van der Waals surface area contributed by atoms with Gasteiger partial charge in [0.05, 0.1) is 0 Å². The smallest absolute Gasteiger partial charge is 0.349 e. The fraction of sp³-hybridized carbons (Fsp3) is 0.643. The third-order valence-electron chi connectivity index (χ3n) is 4.20. The number of anilines is 1. The van der Waals surface area contributed by atoms with Crippen molar-refractivity contribution in [3.63, 3.8) is 0 Å². The van der Waals surface area contributed by atoms with Crippen LogP contribution in [0.15, 0.2) is 10.9 Å². The molecule has 3 heterocycles. The molecule has 21 heavy (non-hydrogen) atoms. The predicted octanol–water partition coefficient (Wildman–Crippen LogP) is 0.552. The Morgan fingerprint density at radius 3 is 2.90 bits per heavy atom. The molecule has 0 aliphatic carbocycles. The molecule has 1 fully saturated rings. The monoisotopic (exact) mass is 290 g/mol. The van der Waals surface area contributed by atoms with E-state index in [0.717, 1.165) is 32.0 Å². The Morgan fingerprint density at radius 2 is 2.19 bits per heavy atom. The fourth-order valence-electron chi connectivity index (χ4n) is 3.00. The van der Waals surface area contributed by atoms with Gasteiger partial charge in [0, 0.05) is 19.2 Å². The third kappa shape index (κ3) is 2.78. The number of aryl methyl sites for hydroxylation is 1. The molecule has 2 aromatic heterocycles. The lowest BCUT2D eigenvalue weighted by Crippen LogP contribution is -2.36. The van der Waals surface area contributed by atoms with E-state index in [0.29, 0.717) is 17.4 Å². The number of hydrogen-bond acceptors (Lipinski definition) is 5. The molecule has 114 valence electrons. The highest BCUT2D eigenvalue weighted by atomic mass is 16.1. The highest BCUT2D eigenvalue weighted by Crippen LogP contribution is 2.19. The Kier molecular flexibility index (Phi) is 3.92. The van der Waals surface area contributed by atoms with E-state index in [-0.39, 0.29) is 5.69 Å². The van der Waals surface area contributed by atoms with Crippen molar-refractivity contribution in [2.24, 2.45) is 5.92 Å². The minimum absolute atomic E-state index is 0.233. The second kappa shape index (κ2) is 5.85. The minimum atomic E-state index is -0.233. The maximum absolute atomic E-state index is 11.7. The van der Waals surface area contributed by atoms with Gasteiger partial charge in [0.15, 0.2) is 5.65 Å². The first-order valence-corrected chi connectivity index (χ1v) is 7.59. The molecule has 0 spiro atoms. The van der Waals surface area contributed by atoms with Crippen LogP contribution in [0.25, 0.3) is 5.65 Å². The average Bonchev–Trinajstić information content (AvgIpc) is 2.87. The van der Waals surface area contributed by atoms with Crippen molar-refractivity contribution in [3.05, 3.63) is 22.4 Å². The van der Waals surface area contributed by atoms with Gasteiger partial charge in [-0.05, 0) is 45.7 Å². The zero-order valence-electron chi connectivity index (χ0n) is 12.6. The molecule has 1 aliphatic heterocycles. The van der Waals surface area contributed by atoms with E-state index in [1.54, 1.807) is 0 Å². The first-order valence-electron chi connectivity index (χ1n) is 7.59. The second-order valence-electron chi connectivity index (χ2n) is 5.62. The summed E-state index contributed by atoms with van der Waals surface area (Å²) in [6, 6.07) is 1.88. The molecule has 0 unspecified atom stereocenters. The summed E-state index contributed by atoms with van der Waals surface area (Å²) in [5.41, 5.74) is 0.397. The number of nitrogens with zero attached hydrogens (tertiary/aromatic N) is 4. The molecule has 2 aromatic rings. The Labute approximate surface area is 123 Å². The summed E-state index contributed by atoms with van der Waals surface area (Å²) in [6.07, 6.45) is 2.42. The molecule has 0 bridgehead atoms. The SMILES string of the molecule is CCN(CC1CCNCC1)c1cc2n[nH]c(=O)n2c(C)n1. The van der Waals surface area contributed by atoms with Gasteiger partial charge in [-0.25, -0.2) is 19.3 Å². The van der Waals surface area contributed by atoms with Crippen LogP contribution in [0.1, 0.15) is 25.6 Å². The average molecular weight is 290 g/mol. The van der Waals surface area contributed by atoms with Gasteiger partial charge in [-0.15, -0.1) is 0 Å². The number of rotatable bonds is 4. The zero-order chi connectivity index (χ0) is 14.8. The Bertz CT molecular complexity index is 670. The van der Waals surface area contributed by atoms with E-state index in [9.17, 15) is 4.79 Å². The van der Waals surface area contributed by atoms with Crippen LogP contribution in [-0.2, 0) is 0 Å². The first kappa shape index (κ1) is 14.1. The summed E-state index contributed by atoms with van der Waals surface area (Å²) in [4.78, 5) is 18.5. The summed E-state index contributed by atoms with van der Waals surface area (Å²) in [5, 5.41) is 9.92. The van der Waals surface area contributed by atoms with E-state index >= 15 is 0 Å². The van der Waals surface area contributed by atoms with Crippen molar-refractivity contribution >= 4 is 11.5 Å².